The predicted octanol–water partition coefficient (Wildman–Crippen LogP) is 0.583. The maximum absolute atomic E-state index is 6.82. The van der Waals surface area contributed by atoms with E-state index in [2.05, 4.69) is 20.3 Å². The third-order valence-electron chi connectivity index (χ3n) is 1.94. The minimum atomic E-state index is 0. The van der Waals surface area contributed by atoms with Gasteiger partial charge in [0.15, 0.2) is 0 Å². The second kappa shape index (κ2) is 6.79. The Hall–Kier alpha value is -1.70. The van der Waals surface area contributed by atoms with Gasteiger partial charge in [-0.25, -0.2) is 10.5 Å². The quantitative estimate of drug-likeness (QED) is 0.628. The molecule has 0 aliphatic heterocycles. The number of halogens is 1. The van der Waals surface area contributed by atoms with Crippen LogP contribution in [0, 0.1) is 5.53 Å². The summed E-state index contributed by atoms with van der Waals surface area (Å²) in [7, 11) is 0. The van der Waals surface area contributed by atoms with Crippen molar-refractivity contribution in [3.05, 3.63) is 48.7 Å². The fourth-order valence-corrected chi connectivity index (χ4v) is 1.15. The highest BCUT2D eigenvalue weighted by Crippen LogP contribution is 2.19. The summed E-state index contributed by atoms with van der Waals surface area (Å²) >= 11 is 0. The van der Waals surface area contributed by atoms with E-state index in [-0.39, 0.29) is 24.0 Å². The molecule has 2 aromatic rings. The zero-order valence-corrected chi connectivity index (χ0v) is 11.0. The molecular weight excluding hydrogens is 329 g/mol. The lowest BCUT2D eigenvalue weighted by molar-refractivity contribution is -0.363. The first-order valence-corrected chi connectivity index (χ1v) is 4.74. The fraction of sp³-hybridized carbons (Fsp3) is 0. The lowest BCUT2D eigenvalue weighted by atomic mass is 10.3. The van der Waals surface area contributed by atoms with E-state index in [1.165, 1.54) is 0 Å². The molecule has 6 heteroatoms. The number of benzene rings is 1. The number of hydrogen-bond donors (Lipinski definition) is 1. The molecule has 1 aromatic heterocycles. The van der Waals surface area contributed by atoms with Gasteiger partial charge >= 0.3 is 5.82 Å². The van der Waals surface area contributed by atoms with E-state index >= 15 is 0 Å². The van der Waals surface area contributed by atoms with Gasteiger partial charge in [-0.15, -0.1) is 0 Å². The molecule has 0 atom stereocenters. The number of H-pyrrole nitrogens is 1. The average molecular weight is 339 g/mol. The van der Waals surface area contributed by atoms with Crippen LogP contribution in [-0.2, 0) is 0 Å². The Morgan fingerprint density at radius 3 is 2.18 bits per heavy atom. The molecule has 2 N–H and O–H groups in total. The van der Waals surface area contributed by atoms with Crippen LogP contribution < -0.4 is 29.0 Å². The van der Waals surface area contributed by atoms with Gasteiger partial charge in [-0.1, -0.05) is 6.07 Å². The summed E-state index contributed by atoms with van der Waals surface area (Å²) in [4.78, 5) is 2.95. The topological polar surface area (TPSA) is 75.1 Å². The molecule has 0 bridgehead atoms. The van der Waals surface area contributed by atoms with E-state index in [0.717, 1.165) is 5.69 Å². The Morgan fingerprint density at radius 1 is 0.882 bits per heavy atom. The minimum Gasteiger partial charge on any atom is -1.00 e. The Bertz CT molecular complexity index is 495. The zero-order valence-electron chi connectivity index (χ0n) is 8.84. The van der Waals surface area contributed by atoms with E-state index in [9.17, 15) is 0 Å². The third-order valence-corrected chi connectivity index (χ3v) is 1.94. The Balaban J connectivity index is 0.00000144. The molecule has 0 aliphatic rings. The van der Waals surface area contributed by atoms with E-state index in [4.69, 9.17) is 5.53 Å². The SMILES string of the molecule is N=Nc1ccc(N=Nc2cccc[nH+]2)cc1.[I-]. The van der Waals surface area contributed by atoms with Crippen LogP contribution in [-0.4, -0.2) is 0 Å². The lowest BCUT2D eigenvalue weighted by Crippen LogP contribution is -3.00. The van der Waals surface area contributed by atoms with E-state index in [1.54, 1.807) is 30.5 Å². The van der Waals surface area contributed by atoms with Crippen LogP contribution in [0.15, 0.2) is 64.0 Å². The van der Waals surface area contributed by atoms with E-state index in [0.29, 0.717) is 11.5 Å². The summed E-state index contributed by atoms with van der Waals surface area (Å²) in [5, 5.41) is 11.4. The molecule has 5 nitrogen and oxygen atoms in total. The standard InChI is InChI=1S/C11H9N5.HI/c12-14-9-4-6-10(7-5-9)15-16-11-3-1-2-8-13-11;/h1-8,12H;1H. The van der Waals surface area contributed by atoms with Crippen LogP contribution in [0.25, 0.3) is 0 Å². The summed E-state index contributed by atoms with van der Waals surface area (Å²) in [6.45, 7) is 0. The Labute approximate surface area is 116 Å². The minimum absolute atomic E-state index is 0. The largest absolute Gasteiger partial charge is 1.00 e. The number of hydrogen-bond acceptors (Lipinski definition) is 4. The first-order chi connectivity index (χ1) is 7.88. The van der Waals surface area contributed by atoms with Crippen molar-refractivity contribution in [2.45, 2.75) is 0 Å². The third kappa shape index (κ3) is 3.99. The van der Waals surface area contributed by atoms with E-state index < -0.39 is 0 Å². The normalized spacial score (nSPS) is 9.88. The van der Waals surface area contributed by atoms with Crippen LogP contribution in [0.5, 0.6) is 0 Å². The fourth-order valence-electron chi connectivity index (χ4n) is 1.15. The van der Waals surface area contributed by atoms with Crippen LogP contribution in [0.2, 0.25) is 0 Å². The highest BCUT2D eigenvalue weighted by Gasteiger charge is 1.98. The molecule has 0 aliphatic carbocycles. The van der Waals surface area contributed by atoms with Crippen molar-refractivity contribution < 1.29 is 29.0 Å². The van der Waals surface area contributed by atoms with Crippen molar-refractivity contribution in [1.82, 2.24) is 0 Å². The van der Waals surface area contributed by atoms with E-state index in [1.807, 2.05) is 18.2 Å². The molecule has 0 saturated heterocycles. The zero-order chi connectivity index (χ0) is 11.2. The summed E-state index contributed by atoms with van der Waals surface area (Å²) in [6, 6.07) is 12.6. The molecule has 0 fully saturated rings. The van der Waals surface area contributed by atoms with Crippen LogP contribution >= 0.6 is 0 Å². The highest BCUT2D eigenvalue weighted by atomic mass is 127. The molecular formula is C11H10IN5. The first kappa shape index (κ1) is 13.4. The summed E-state index contributed by atoms with van der Waals surface area (Å²) < 4.78 is 0. The van der Waals surface area contributed by atoms with Crippen LogP contribution in [0.3, 0.4) is 0 Å². The predicted molar refractivity (Wildman–Crippen MR) is 58.4 cm³/mol. The van der Waals surface area contributed by atoms with Gasteiger partial charge in [0, 0.05) is 6.07 Å². The molecule has 0 unspecified atom stereocenters. The van der Waals surface area contributed by atoms with Gasteiger partial charge in [0.1, 0.15) is 5.69 Å². The first-order valence-electron chi connectivity index (χ1n) is 4.74. The van der Waals surface area contributed by atoms with Crippen molar-refractivity contribution >= 4 is 17.2 Å². The van der Waals surface area contributed by atoms with Crippen molar-refractivity contribution in [1.29, 1.82) is 5.53 Å². The molecule has 0 saturated carbocycles. The van der Waals surface area contributed by atoms with Crippen molar-refractivity contribution in [2.75, 3.05) is 0 Å². The number of azo groups is 1. The number of nitrogens with one attached hydrogen (secondary N) is 2. The van der Waals surface area contributed by atoms with Gasteiger partial charge in [-0.2, -0.15) is 5.11 Å². The lowest BCUT2D eigenvalue weighted by Gasteiger charge is -1.89. The second-order valence-electron chi connectivity index (χ2n) is 3.08. The summed E-state index contributed by atoms with van der Waals surface area (Å²) in [6.07, 6.45) is 1.79. The van der Waals surface area contributed by atoms with Gasteiger partial charge in [0.25, 0.3) is 0 Å². The average Bonchev–Trinajstić information content (AvgIpc) is 2.38. The molecule has 17 heavy (non-hydrogen) atoms. The van der Waals surface area contributed by atoms with Crippen molar-refractivity contribution in [3.8, 4) is 0 Å². The number of nitrogens with zero attached hydrogens (tertiary/aromatic N) is 3. The van der Waals surface area contributed by atoms with Crippen molar-refractivity contribution in [2.24, 2.45) is 15.3 Å². The van der Waals surface area contributed by atoms with Gasteiger partial charge in [-0.3, -0.25) is 0 Å². The number of rotatable bonds is 3. The van der Waals surface area contributed by atoms with Crippen molar-refractivity contribution in [3.63, 3.8) is 0 Å². The number of aromatic amines is 1. The molecule has 0 spiro atoms. The summed E-state index contributed by atoms with van der Waals surface area (Å²) in [5.41, 5.74) is 8.15. The van der Waals surface area contributed by atoms with Crippen LogP contribution in [0.4, 0.5) is 17.2 Å². The molecule has 2 rings (SSSR count). The van der Waals surface area contributed by atoms with Gasteiger partial charge in [0.05, 0.1) is 17.0 Å². The van der Waals surface area contributed by atoms with Gasteiger partial charge in [0.2, 0.25) is 0 Å². The second-order valence-corrected chi connectivity index (χ2v) is 3.08. The Morgan fingerprint density at radius 2 is 1.59 bits per heavy atom. The molecule has 0 amide bonds. The van der Waals surface area contributed by atoms with Gasteiger partial charge in [-0.05, 0) is 35.4 Å². The molecule has 0 radical (unpaired) electrons. The highest BCUT2D eigenvalue weighted by molar-refractivity contribution is 5.46. The molecule has 1 heterocycles. The van der Waals surface area contributed by atoms with Gasteiger partial charge < -0.3 is 24.0 Å². The smallest absolute Gasteiger partial charge is 0.348 e. The number of pyridine rings is 1. The van der Waals surface area contributed by atoms with Crippen LogP contribution in [0.1, 0.15) is 0 Å². The number of aromatic nitrogens is 1. The summed E-state index contributed by atoms with van der Waals surface area (Å²) in [5.74, 6) is 0.691. The molecule has 1 aromatic carbocycles. The Kier molecular flexibility index (Phi) is 5.34. The maximum atomic E-state index is 6.82. The maximum Gasteiger partial charge on any atom is 0.348 e. The monoisotopic (exact) mass is 339 g/mol. The molecule has 86 valence electrons.